The molecule has 1 rings (SSSR count). The molecule has 1 amide bonds. The van der Waals surface area contributed by atoms with Crippen molar-refractivity contribution >= 4 is 23.5 Å². The Kier molecular flexibility index (Phi) is 5.69. The second-order valence-corrected chi connectivity index (χ2v) is 5.33. The third-order valence-corrected chi connectivity index (χ3v) is 3.15. The van der Waals surface area contributed by atoms with Crippen molar-refractivity contribution in [3.05, 3.63) is 23.8 Å². The summed E-state index contributed by atoms with van der Waals surface area (Å²) in [6.45, 7) is 3.74. The van der Waals surface area contributed by atoms with Gasteiger partial charge in [-0.05, 0) is 32.0 Å². The average Bonchev–Trinajstić information content (AvgIpc) is 2.31. The van der Waals surface area contributed by atoms with Gasteiger partial charge in [0, 0.05) is 11.6 Å². The number of thioether (sulfide) groups is 1. The van der Waals surface area contributed by atoms with Gasteiger partial charge in [0.05, 0.1) is 11.5 Å². The first-order chi connectivity index (χ1) is 8.90. The van der Waals surface area contributed by atoms with Crippen molar-refractivity contribution in [1.82, 2.24) is 5.32 Å². The number of phenolic OH excluding ortho intramolecular Hbond substituents is 2. The van der Waals surface area contributed by atoms with Gasteiger partial charge in [0.1, 0.15) is 0 Å². The number of carbonyl (C=O) groups excluding carboxylic acids is 2. The van der Waals surface area contributed by atoms with Gasteiger partial charge in [-0.1, -0.05) is 0 Å². The Hall–Kier alpha value is -1.69. The normalized spacial score (nSPS) is 10.5. The molecule has 3 N–H and O–H groups in total. The molecule has 1 aromatic carbocycles. The molecule has 0 aliphatic rings. The van der Waals surface area contributed by atoms with Crippen LogP contribution in [0.15, 0.2) is 18.2 Å². The van der Waals surface area contributed by atoms with Gasteiger partial charge in [-0.3, -0.25) is 9.59 Å². The number of carbonyl (C=O) groups is 2. The highest BCUT2D eigenvalue weighted by Crippen LogP contribution is 2.25. The maximum atomic E-state index is 11.8. The second-order valence-electron chi connectivity index (χ2n) is 4.34. The molecule has 0 radical (unpaired) electrons. The van der Waals surface area contributed by atoms with Gasteiger partial charge >= 0.3 is 0 Å². The first-order valence-electron chi connectivity index (χ1n) is 5.82. The topological polar surface area (TPSA) is 86.6 Å². The van der Waals surface area contributed by atoms with E-state index in [1.54, 1.807) is 0 Å². The summed E-state index contributed by atoms with van der Waals surface area (Å²) < 4.78 is 0. The zero-order chi connectivity index (χ0) is 14.4. The van der Waals surface area contributed by atoms with Crippen LogP contribution in [0.3, 0.4) is 0 Å². The minimum absolute atomic E-state index is 0.0813. The summed E-state index contributed by atoms with van der Waals surface area (Å²) in [6.07, 6.45) is 0. The first-order valence-corrected chi connectivity index (χ1v) is 6.98. The number of aromatic hydroxyl groups is 2. The van der Waals surface area contributed by atoms with Crippen molar-refractivity contribution < 1.29 is 19.8 Å². The molecule has 0 saturated heterocycles. The third-order valence-electron chi connectivity index (χ3n) is 2.21. The van der Waals surface area contributed by atoms with E-state index in [0.29, 0.717) is 5.56 Å². The summed E-state index contributed by atoms with van der Waals surface area (Å²) >= 11 is 1.21. The lowest BCUT2D eigenvalue weighted by Gasteiger charge is -2.07. The monoisotopic (exact) mass is 283 g/mol. The number of phenols is 2. The number of amides is 1. The van der Waals surface area contributed by atoms with Crippen molar-refractivity contribution in [2.75, 3.05) is 11.5 Å². The smallest absolute Gasteiger partial charge is 0.230 e. The highest BCUT2D eigenvalue weighted by atomic mass is 32.2. The van der Waals surface area contributed by atoms with Gasteiger partial charge in [0.15, 0.2) is 17.3 Å². The molecule has 0 aliphatic heterocycles. The zero-order valence-electron chi connectivity index (χ0n) is 10.8. The van der Waals surface area contributed by atoms with Gasteiger partial charge in [0.25, 0.3) is 0 Å². The standard InChI is InChI=1S/C13H17NO4S/c1-8(2)14-13(18)7-19-6-12(17)9-3-4-10(15)11(16)5-9/h3-5,8,15-16H,6-7H2,1-2H3,(H,14,18). The predicted octanol–water partition coefficient (Wildman–Crippen LogP) is 1.54. The number of benzene rings is 1. The fourth-order valence-electron chi connectivity index (χ4n) is 1.38. The molecular formula is C13H17NO4S. The molecule has 0 unspecified atom stereocenters. The van der Waals surface area contributed by atoms with E-state index in [1.807, 2.05) is 13.8 Å². The van der Waals surface area contributed by atoms with Gasteiger partial charge in [0.2, 0.25) is 5.91 Å². The predicted molar refractivity (Wildman–Crippen MR) is 74.7 cm³/mol. The molecule has 0 aliphatic carbocycles. The van der Waals surface area contributed by atoms with E-state index in [9.17, 15) is 14.7 Å². The van der Waals surface area contributed by atoms with Crippen LogP contribution in [0.25, 0.3) is 0 Å². The van der Waals surface area contributed by atoms with E-state index in [2.05, 4.69) is 5.32 Å². The van der Waals surface area contributed by atoms with Crippen LogP contribution in [0.2, 0.25) is 0 Å². The van der Waals surface area contributed by atoms with E-state index in [0.717, 1.165) is 0 Å². The first kappa shape index (κ1) is 15.4. The van der Waals surface area contributed by atoms with E-state index in [-0.39, 0.29) is 40.7 Å². The van der Waals surface area contributed by atoms with E-state index >= 15 is 0 Å². The van der Waals surface area contributed by atoms with Crippen molar-refractivity contribution in [3.63, 3.8) is 0 Å². The Morgan fingerprint density at radius 1 is 1.21 bits per heavy atom. The molecule has 0 aromatic heterocycles. The van der Waals surface area contributed by atoms with Gasteiger partial charge in [-0.25, -0.2) is 0 Å². The lowest BCUT2D eigenvalue weighted by atomic mass is 10.1. The molecule has 0 fully saturated rings. The fraction of sp³-hybridized carbons (Fsp3) is 0.385. The number of rotatable bonds is 6. The number of hydrogen-bond donors (Lipinski definition) is 3. The summed E-state index contributed by atoms with van der Waals surface area (Å²) in [5, 5.41) is 21.2. The molecule has 5 nitrogen and oxygen atoms in total. The van der Waals surface area contributed by atoms with Crippen LogP contribution in [0.1, 0.15) is 24.2 Å². The zero-order valence-corrected chi connectivity index (χ0v) is 11.7. The molecule has 0 atom stereocenters. The molecule has 0 heterocycles. The Labute approximate surface area is 116 Å². The largest absolute Gasteiger partial charge is 0.504 e. The molecular weight excluding hydrogens is 266 g/mol. The number of nitrogens with one attached hydrogen (secondary N) is 1. The summed E-state index contributed by atoms with van der Waals surface area (Å²) in [4.78, 5) is 23.1. The lowest BCUT2D eigenvalue weighted by Crippen LogP contribution is -2.31. The summed E-state index contributed by atoms with van der Waals surface area (Å²) in [5.74, 6) is -0.531. The molecule has 0 saturated carbocycles. The molecule has 0 bridgehead atoms. The van der Waals surface area contributed by atoms with Crippen molar-refractivity contribution in [2.24, 2.45) is 0 Å². The average molecular weight is 283 g/mol. The molecule has 1 aromatic rings. The fourth-order valence-corrected chi connectivity index (χ4v) is 2.10. The van der Waals surface area contributed by atoms with Crippen LogP contribution < -0.4 is 5.32 Å². The highest BCUT2D eigenvalue weighted by Gasteiger charge is 2.10. The van der Waals surface area contributed by atoms with E-state index in [4.69, 9.17) is 5.11 Å². The van der Waals surface area contributed by atoms with Crippen molar-refractivity contribution in [1.29, 1.82) is 0 Å². The quantitative estimate of drug-likeness (QED) is 0.544. The molecule has 19 heavy (non-hydrogen) atoms. The highest BCUT2D eigenvalue weighted by molar-refractivity contribution is 8.00. The Balaban J connectivity index is 2.43. The third kappa shape index (κ3) is 5.21. The summed E-state index contributed by atoms with van der Waals surface area (Å²) in [6, 6.07) is 4.00. The number of Topliss-reactive ketones (excluding diaryl/α,β-unsaturated/α-hetero) is 1. The van der Waals surface area contributed by atoms with Gasteiger partial charge < -0.3 is 15.5 Å². The Morgan fingerprint density at radius 3 is 2.47 bits per heavy atom. The summed E-state index contributed by atoms with van der Waals surface area (Å²) in [7, 11) is 0. The minimum atomic E-state index is -0.326. The Morgan fingerprint density at radius 2 is 1.89 bits per heavy atom. The Bertz CT molecular complexity index is 474. The maximum absolute atomic E-state index is 11.8. The number of hydrogen-bond acceptors (Lipinski definition) is 5. The van der Waals surface area contributed by atoms with Crippen molar-refractivity contribution in [2.45, 2.75) is 19.9 Å². The van der Waals surface area contributed by atoms with Crippen LogP contribution in [0.4, 0.5) is 0 Å². The maximum Gasteiger partial charge on any atom is 0.230 e. The van der Waals surface area contributed by atoms with Crippen LogP contribution in [-0.4, -0.2) is 39.5 Å². The van der Waals surface area contributed by atoms with E-state index < -0.39 is 0 Å². The second kappa shape index (κ2) is 7.04. The van der Waals surface area contributed by atoms with Crippen LogP contribution in [-0.2, 0) is 4.79 Å². The van der Waals surface area contributed by atoms with Gasteiger partial charge in [-0.2, -0.15) is 0 Å². The van der Waals surface area contributed by atoms with Crippen molar-refractivity contribution in [3.8, 4) is 11.5 Å². The SMILES string of the molecule is CC(C)NC(=O)CSCC(=O)c1ccc(O)c(O)c1. The van der Waals surface area contributed by atoms with Crippen LogP contribution in [0, 0.1) is 0 Å². The van der Waals surface area contributed by atoms with E-state index in [1.165, 1.54) is 30.0 Å². The lowest BCUT2D eigenvalue weighted by molar-refractivity contribution is -0.119. The number of ketones is 1. The van der Waals surface area contributed by atoms with Gasteiger partial charge in [-0.15, -0.1) is 11.8 Å². The molecule has 104 valence electrons. The van der Waals surface area contributed by atoms with Crippen LogP contribution in [0.5, 0.6) is 11.5 Å². The summed E-state index contributed by atoms with van der Waals surface area (Å²) in [5.41, 5.74) is 0.312. The van der Waals surface area contributed by atoms with Crippen LogP contribution >= 0.6 is 11.8 Å². The minimum Gasteiger partial charge on any atom is -0.504 e. The molecule has 0 spiro atoms. The molecule has 6 heteroatoms.